The van der Waals surface area contributed by atoms with Gasteiger partial charge in [-0.15, -0.1) is 0 Å². The van der Waals surface area contributed by atoms with E-state index >= 15 is 0 Å². The predicted octanol–water partition coefficient (Wildman–Crippen LogP) is 3.53. The van der Waals surface area contributed by atoms with Crippen molar-refractivity contribution >= 4 is 0 Å². The van der Waals surface area contributed by atoms with Gasteiger partial charge in [0.25, 0.3) is 0 Å². The topological polar surface area (TPSA) is 0 Å². The Morgan fingerprint density at radius 3 is 2.60 bits per heavy atom. The molecule has 10 heavy (non-hydrogen) atoms. The molecular weight excluding hydrogens is 120 g/mol. The Morgan fingerprint density at radius 1 is 1.30 bits per heavy atom. The molecule has 1 aliphatic rings. The van der Waals surface area contributed by atoms with Crippen LogP contribution in [0.15, 0.2) is 12.2 Å². The minimum Gasteiger partial charge on any atom is -0.0883 e. The van der Waals surface area contributed by atoms with Crippen molar-refractivity contribution in [2.45, 2.75) is 45.4 Å². The molecule has 58 valence electrons. The van der Waals surface area contributed by atoms with E-state index in [1.165, 1.54) is 38.5 Å². The van der Waals surface area contributed by atoms with Crippen LogP contribution in [0.5, 0.6) is 0 Å². The molecule has 0 heterocycles. The van der Waals surface area contributed by atoms with Gasteiger partial charge in [-0.25, -0.2) is 0 Å². The van der Waals surface area contributed by atoms with E-state index in [9.17, 15) is 0 Å². The third-order valence-corrected chi connectivity index (χ3v) is 2.26. The second kappa shape index (κ2) is 4.54. The summed E-state index contributed by atoms with van der Waals surface area (Å²) in [6, 6.07) is 0. The Bertz CT molecular complexity index is 96.6. The first-order valence-electron chi connectivity index (χ1n) is 4.60. The van der Waals surface area contributed by atoms with Crippen LogP contribution in [0.2, 0.25) is 0 Å². The van der Waals surface area contributed by atoms with E-state index in [2.05, 4.69) is 19.1 Å². The minimum atomic E-state index is 0.937. The van der Waals surface area contributed by atoms with Crippen LogP contribution in [0.3, 0.4) is 0 Å². The first-order valence-corrected chi connectivity index (χ1v) is 4.60. The lowest BCUT2D eigenvalue weighted by atomic mass is 10.1. The summed E-state index contributed by atoms with van der Waals surface area (Å²) in [5.41, 5.74) is 0. The maximum Gasteiger partial charge on any atom is -0.0234 e. The van der Waals surface area contributed by atoms with E-state index in [1.54, 1.807) is 0 Å². The number of allylic oxidation sites excluding steroid dienone is 2. The van der Waals surface area contributed by atoms with Crippen molar-refractivity contribution in [1.82, 2.24) is 0 Å². The molecule has 0 aromatic heterocycles. The molecule has 0 nitrogen and oxygen atoms in total. The molecule has 0 heteroatoms. The fourth-order valence-corrected chi connectivity index (χ4v) is 1.61. The van der Waals surface area contributed by atoms with E-state index in [-0.39, 0.29) is 0 Å². The Kier molecular flexibility index (Phi) is 3.56. The van der Waals surface area contributed by atoms with Gasteiger partial charge in [0.05, 0.1) is 0 Å². The zero-order chi connectivity index (χ0) is 7.23. The van der Waals surface area contributed by atoms with Gasteiger partial charge in [0.2, 0.25) is 0 Å². The lowest BCUT2D eigenvalue weighted by Crippen LogP contribution is -1.84. The van der Waals surface area contributed by atoms with Crippen molar-refractivity contribution in [1.29, 1.82) is 0 Å². The summed E-state index contributed by atoms with van der Waals surface area (Å²) in [5.74, 6) is 0.937. The molecule has 0 aliphatic heterocycles. The lowest BCUT2D eigenvalue weighted by Gasteiger charge is -1.98. The van der Waals surface area contributed by atoms with Crippen LogP contribution in [0.4, 0.5) is 0 Å². The predicted molar refractivity (Wildman–Crippen MR) is 46.0 cm³/mol. The van der Waals surface area contributed by atoms with Crippen molar-refractivity contribution in [2.75, 3.05) is 0 Å². The summed E-state index contributed by atoms with van der Waals surface area (Å²) >= 11 is 0. The monoisotopic (exact) mass is 138 g/mol. The largest absolute Gasteiger partial charge is 0.0883 e. The maximum atomic E-state index is 2.43. The smallest absolute Gasteiger partial charge is 0.0234 e. The van der Waals surface area contributed by atoms with Gasteiger partial charge in [-0.1, -0.05) is 38.3 Å². The Hall–Kier alpha value is -0.260. The fraction of sp³-hybridized carbons (Fsp3) is 0.800. The first-order chi connectivity index (χ1) is 4.93. The number of hydrogen-bond donors (Lipinski definition) is 0. The highest BCUT2D eigenvalue weighted by Gasteiger charge is 2.10. The third kappa shape index (κ3) is 2.55. The quantitative estimate of drug-likeness (QED) is 0.523. The highest BCUT2D eigenvalue weighted by Crippen LogP contribution is 2.25. The molecule has 0 aromatic rings. The zero-order valence-electron chi connectivity index (χ0n) is 6.97. The zero-order valence-corrected chi connectivity index (χ0v) is 6.97. The van der Waals surface area contributed by atoms with Gasteiger partial charge in [-0.05, 0) is 25.2 Å². The SMILES string of the molecule is CCCC=CC1CCCC1. The molecule has 0 saturated heterocycles. The van der Waals surface area contributed by atoms with Crippen LogP contribution in [0.1, 0.15) is 45.4 Å². The molecule has 1 fully saturated rings. The van der Waals surface area contributed by atoms with Gasteiger partial charge in [-0.2, -0.15) is 0 Å². The molecule has 0 N–H and O–H groups in total. The van der Waals surface area contributed by atoms with Crippen LogP contribution in [0, 0.1) is 5.92 Å². The molecule has 0 amide bonds. The third-order valence-electron chi connectivity index (χ3n) is 2.26. The second-order valence-electron chi connectivity index (χ2n) is 3.26. The van der Waals surface area contributed by atoms with Crippen LogP contribution in [0.25, 0.3) is 0 Å². The molecule has 1 saturated carbocycles. The van der Waals surface area contributed by atoms with Gasteiger partial charge in [0.1, 0.15) is 0 Å². The Balaban J connectivity index is 2.10. The minimum absolute atomic E-state index is 0.937. The highest BCUT2D eigenvalue weighted by atomic mass is 14.2. The van der Waals surface area contributed by atoms with Gasteiger partial charge in [-0.3, -0.25) is 0 Å². The highest BCUT2D eigenvalue weighted by molar-refractivity contribution is 4.90. The van der Waals surface area contributed by atoms with E-state index < -0.39 is 0 Å². The van der Waals surface area contributed by atoms with Crippen LogP contribution < -0.4 is 0 Å². The van der Waals surface area contributed by atoms with Crippen molar-refractivity contribution in [3.8, 4) is 0 Å². The van der Waals surface area contributed by atoms with Crippen molar-refractivity contribution < 1.29 is 0 Å². The van der Waals surface area contributed by atoms with E-state index in [1.807, 2.05) is 0 Å². The second-order valence-corrected chi connectivity index (χ2v) is 3.26. The first kappa shape index (κ1) is 7.84. The molecule has 0 spiro atoms. The average Bonchev–Trinajstić information content (AvgIpc) is 2.41. The summed E-state index contributed by atoms with van der Waals surface area (Å²) in [7, 11) is 0. The summed E-state index contributed by atoms with van der Waals surface area (Å²) in [4.78, 5) is 0. The lowest BCUT2D eigenvalue weighted by molar-refractivity contribution is 0.682. The maximum absolute atomic E-state index is 2.43. The molecule has 1 rings (SSSR count). The van der Waals surface area contributed by atoms with Crippen molar-refractivity contribution in [3.05, 3.63) is 12.2 Å². The molecule has 0 aromatic carbocycles. The summed E-state index contributed by atoms with van der Waals surface area (Å²) in [5, 5.41) is 0. The summed E-state index contributed by atoms with van der Waals surface area (Å²) in [6.07, 6.45) is 13.2. The molecule has 0 radical (unpaired) electrons. The normalized spacial score (nSPS) is 20.9. The molecule has 0 bridgehead atoms. The van der Waals surface area contributed by atoms with Crippen LogP contribution in [-0.4, -0.2) is 0 Å². The number of unbranched alkanes of at least 4 members (excludes halogenated alkanes) is 1. The van der Waals surface area contributed by atoms with Gasteiger partial charge in [0, 0.05) is 0 Å². The van der Waals surface area contributed by atoms with E-state index in [0.717, 1.165) is 5.92 Å². The number of hydrogen-bond acceptors (Lipinski definition) is 0. The van der Waals surface area contributed by atoms with Crippen molar-refractivity contribution in [2.24, 2.45) is 5.92 Å². The molecule has 0 unspecified atom stereocenters. The summed E-state index contributed by atoms with van der Waals surface area (Å²) in [6.45, 7) is 2.24. The van der Waals surface area contributed by atoms with E-state index in [0.29, 0.717) is 0 Å². The van der Waals surface area contributed by atoms with Crippen molar-refractivity contribution in [3.63, 3.8) is 0 Å². The average molecular weight is 138 g/mol. The van der Waals surface area contributed by atoms with E-state index in [4.69, 9.17) is 0 Å². The molecule has 0 atom stereocenters. The van der Waals surface area contributed by atoms with Gasteiger partial charge < -0.3 is 0 Å². The standard InChI is InChI=1S/C10H18/c1-2-3-4-7-10-8-5-6-9-10/h4,7,10H,2-3,5-6,8-9H2,1H3. The molecular formula is C10H18. The Morgan fingerprint density at radius 2 is 2.00 bits per heavy atom. The number of rotatable bonds is 3. The molecule has 1 aliphatic carbocycles. The van der Waals surface area contributed by atoms with Gasteiger partial charge >= 0.3 is 0 Å². The Labute approximate surface area is 64.3 Å². The summed E-state index contributed by atoms with van der Waals surface area (Å²) < 4.78 is 0. The van der Waals surface area contributed by atoms with Crippen LogP contribution in [-0.2, 0) is 0 Å². The van der Waals surface area contributed by atoms with Gasteiger partial charge in [0.15, 0.2) is 0 Å². The fourth-order valence-electron chi connectivity index (χ4n) is 1.61. The van der Waals surface area contributed by atoms with Crippen LogP contribution >= 0.6 is 0 Å².